The lowest BCUT2D eigenvalue weighted by Crippen LogP contribution is -2.35. The zero-order valence-corrected chi connectivity index (χ0v) is 21.6. The molecule has 6 rings (SSSR count). The van der Waals surface area contributed by atoms with E-state index in [1.54, 1.807) is 7.11 Å². The van der Waals surface area contributed by atoms with Gasteiger partial charge in [-0.15, -0.1) is 0 Å². The number of methoxy groups -OCH3 is 1. The maximum atomic E-state index is 13.2. The fourth-order valence-electron chi connectivity index (χ4n) is 5.05. The molecule has 1 saturated heterocycles. The Labute approximate surface area is 216 Å². The number of fused-ring (bicyclic) bond motifs is 1. The Morgan fingerprint density at radius 2 is 1.68 bits per heavy atom. The first-order valence-electron chi connectivity index (χ1n) is 13.0. The number of nitrogens with zero attached hydrogens (tertiary/aromatic N) is 6. The molecular formula is C29H32N6O2. The number of amides is 1. The largest absolute Gasteiger partial charge is 0.497 e. The van der Waals surface area contributed by atoms with E-state index < -0.39 is 0 Å². The van der Waals surface area contributed by atoms with Gasteiger partial charge < -0.3 is 14.5 Å². The molecule has 8 nitrogen and oxygen atoms in total. The number of rotatable bonds is 5. The Hall–Kier alpha value is -3.94. The number of ether oxygens (including phenoxy) is 1. The van der Waals surface area contributed by atoms with Crippen LogP contribution in [0.25, 0.3) is 16.7 Å². The van der Waals surface area contributed by atoms with Gasteiger partial charge in [-0.2, -0.15) is 5.10 Å². The molecule has 2 aliphatic rings. The van der Waals surface area contributed by atoms with E-state index in [4.69, 9.17) is 19.8 Å². The average molecular weight is 497 g/mol. The van der Waals surface area contributed by atoms with Crippen molar-refractivity contribution in [3.8, 4) is 11.4 Å². The molecule has 0 radical (unpaired) electrons. The Morgan fingerprint density at radius 1 is 0.919 bits per heavy atom. The van der Waals surface area contributed by atoms with E-state index in [1.807, 2.05) is 72.0 Å². The van der Waals surface area contributed by atoms with Crippen molar-refractivity contribution in [1.29, 1.82) is 0 Å². The molecule has 0 atom stereocenters. The lowest BCUT2D eigenvalue weighted by Gasteiger charge is -2.24. The van der Waals surface area contributed by atoms with E-state index in [0.717, 1.165) is 89.8 Å². The molecule has 8 heteroatoms. The summed E-state index contributed by atoms with van der Waals surface area (Å²) in [6.07, 6.45) is 3.13. The lowest BCUT2D eigenvalue weighted by atomic mass is 10.1. The minimum absolute atomic E-state index is 0.0943. The SMILES string of the molecule is COc1ccc(-n2nc(C)c3c(N4CCCN(C(=O)c5ccc(C)cc5)CC4)nc(C4CC4)nc32)cc1. The Kier molecular flexibility index (Phi) is 6.02. The van der Waals surface area contributed by atoms with Gasteiger partial charge in [-0.3, -0.25) is 4.79 Å². The van der Waals surface area contributed by atoms with Gasteiger partial charge in [0.15, 0.2) is 5.65 Å². The predicted octanol–water partition coefficient (Wildman–Crippen LogP) is 4.67. The maximum absolute atomic E-state index is 13.2. The molecule has 1 aliphatic heterocycles. The molecule has 0 spiro atoms. The van der Waals surface area contributed by atoms with Crippen LogP contribution < -0.4 is 9.64 Å². The highest BCUT2D eigenvalue weighted by Crippen LogP contribution is 2.40. The second-order valence-corrected chi connectivity index (χ2v) is 10.1. The minimum atomic E-state index is 0.0943. The lowest BCUT2D eigenvalue weighted by molar-refractivity contribution is 0.0767. The molecule has 2 aromatic carbocycles. The van der Waals surface area contributed by atoms with Crippen LogP contribution in [0.1, 0.15) is 52.6 Å². The van der Waals surface area contributed by atoms with Gasteiger partial charge in [-0.25, -0.2) is 14.6 Å². The number of hydrogen-bond donors (Lipinski definition) is 0. The van der Waals surface area contributed by atoms with E-state index in [2.05, 4.69) is 4.90 Å². The highest BCUT2D eigenvalue weighted by molar-refractivity contribution is 5.94. The van der Waals surface area contributed by atoms with Crippen LogP contribution in [0.4, 0.5) is 5.82 Å². The number of benzene rings is 2. The molecule has 190 valence electrons. The Morgan fingerprint density at radius 3 is 2.38 bits per heavy atom. The summed E-state index contributed by atoms with van der Waals surface area (Å²) < 4.78 is 7.26. The van der Waals surface area contributed by atoms with Crippen molar-refractivity contribution in [2.45, 2.75) is 39.0 Å². The molecule has 0 N–H and O–H groups in total. The molecule has 0 unspecified atom stereocenters. The number of carbonyl (C=O) groups is 1. The molecule has 4 aromatic rings. The second kappa shape index (κ2) is 9.50. The molecule has 2 aromatic heterocycles. The van der Waals surface area contributed by atoms with Crippen LogP contribution in [0, 0.1) is 13.8 Å². The van der Waals surface area contributed by atoms with Crippen molar-refractivity contribution in [3.05, 3.63) is 71.2 Å². The van der Waals surface area contributed by atoms with Crippen LogP contribution in [0.3, 0.4) is 0 Å². The predicted molar refractivity (Wildman–Crippen MR) is 144 cm³/mol. The van der Waals surface area contributed by atoms with E-state index in [0.29, 0.717) is 12.5 Å². The zero-order chi connectivity index (χ0) is 25.5. The first-order valence-corrected chi connectivity index (χ1v) is 13.0. The van der Waals surface area contributed by atoms with E-state index in [-0.39, 0.29) is 5.91 Å². The van der Waals surface area contributed by atoms with E-state index in [1.165, 1.54) is 0 Å². The highest BCUT2D eigenvalue weighted by Gasteiger charge is 2.31. The summed E-state index contributed by atoms with van der Waals surface area (Å²) in [4.78, 5) is 27.6. The quantitative estimate of drug-likeness (QED) is 0.400. The minimum Gasteiger partial charge on any atom is -0.497 e. The fraction of sp³-hybridized carbons (Fsp3) is 0.379. The van der Waals surface area contributed by atoms with Gasteiger partial charge in [0.2, 0.25) is 0 Å². The zero-order valence-electron chi connectivity index (χ0n) is 21.6. The molecule has 37 heavy (non-hydrogen) atoms. The van der Waals surface area contributed by atoms with Crippen LogP contribution in [-0.4, -0.2) is 63.8 Å². The normalized spacial score (nSPS) is 16.2. The van der Waals surface area contributed by atoms with Crippen molar-refractivity contribution in [3.63, 3.8) is 0 Å². The van der Waals surface area contributed by atoms with Gasteiger partial charge >= 0.3 is 0 Å². The van der Waals surface area contributed by atoms with Crippen molar-refractivity contribution < 1.29 is 9.53 Å². The Balaban J connectivity index is 1.34. The fourth-order valence-corrected chi connectivity index (χ4v) is 5.05. The number of anilines is 1. The smallest absolute Gasteiger partial charge is 0.253 e. The summed E-state index contributed by atoms with van der Waals surface area (Å²) in [7, 11) is 1.67. The van der Waals surface area contributed by atoms with E-state index >= 15 is 0 Å². The third kappa shape index (κ3) is 4.52. The number of carbonyl (C=O) groups excluding carboxylic acids is 1. The highest BCUT2D eigenvalue weighted by atomic mass is 16.5. The van der Waals surface area contributed by atoms with Gasteiger partial charge in [0.25, 0.3) is 5.91 Å². The van der Waals surface area contributed by atoms with Crippen molar-refractivity contribution >= 4 is 22.8 Å². The van der Waals surface area contributed by atoms with Crippen LogP contribution in [0.5, 0.6) is 5.75 Å². The molecular weight excluding hydrogens is 464 g/mol. The summed E-state index contributed by atoms with van der Waals surface area (Å²) in [5, 5.41) is 5.87. The summed E-state index contributed by atoms with van der Waals surface area (Å²) in [6, 6.07) is 15.7. The van der Waals surface area contributed by atoms with Gasteiger partial charge in [0, 0.05) is 37.7 Å². The van der Waals surface area contributed by atoms with Gasteiger partial charge in [0.05, 0.1) is 23.9 Å². The second-order valence-electron chi connectivity index (χ2n) is 10.1. The van der Waals surface area contributed by atoms with Gasteiger partial charge in [-0.1, -0.05) is 17.7 Å². The van der Waals surface area contributed by atoms with Gasteiger partial charge in [0.1, 0.15) is 17.4 Å². The summed E-state index contributed by atoms with van der Waals surface area (Å²) in [5.74, 6) is 3.15. The van der Waals surface area contributed by atoms with Crippen molar-refractivity contribution in [2.24, 2.45) is 0 Å². The van der Waals surface area contributed by atoms with Crippen LogP contribution in [0.15, 0.2) is 48.5 Å². The summed E-state index contributed by atoms with van der Waals surface area (Å²) >= 11 is 0. The van der Waals surface area contributed by atoms with E-state index in [9.17, 15) is 4.79 Å². The molecule has 1 aliphatic carbocycles. The van der Waals surface area contributed by atoms with Crippen LogP contribution >= 0.6 is 0 Å². The van der Waals surface area contributed by atoms with Crippen molar-refractivity contribution in [2.75, 3.05) is 38.2 Å². The van der Waals surface area contributed by atoms with Crippen LogP contribution in [0.2, 0.25) is 0 Å². The first-order chi connectivity index (χ1) is 18.0. The monoisotopic (exact) mass is 496 g/mol. The summed E-state index contributed by atoms with van der Waals surface area (Å²) in [5.41, 5.74) is 4.59. The standard InChI is InChI=1S/C29H32N6O2/c1-19-5-7-22(8-6-19)29(36)34-16-4-15-33(17-18-34)27-25-20(2)32-35(23-11-13-24(37-3)14-12-23)28(25)31-26(30-27)21-9-10-21/h5-8,11-14,21H,4,9-10,15-18H2,1-3H3. The van der Waals surface area contributed by atoms with Crippen LogP contribution in [-0.2, 0) is 0 Å². The molecule has 3 heterocycles. The first kappa shape index (κ1) is 23.5. The number of aromatic nitrogens is 4. The average Bonchev–Trinajstić information content (AvgIpc) is 3.75. The van der Waals surface area contributed by atoms with Gasteiger partial charge in [-0.05, 0) is 69.5 Å². The third-order valence-corrected chi connectivity index (χ3v) is 7.34. The molecule has 1 amide bonds. The number of aryl methyl sites for hydroxylation is 2. The molecule has 2 fully saturated rings. The Bertz CT molecular complexity index is 1440. The summed E-state index contributed by atoms with van der Waals surface area (Å²) in [6.45, 7) is 7.01. The third-order valence-electron chi connectivity index (χ3n) is 7.34. The molecule has 0 bridgehead atoms. The number of hydrogen-bond acceptors (Lipinski definition) is 6. The van der Waals surface area contributed by atoms with Crippen molar-refractivity contribution in [1.82, 2.24) is 24.6 Å². The molecule has 1 saturated carbocycles. The maximum Gasteiger partial charge on any atom is 0.253 e. The topological polar surface area (TPSA) is 76.4 Å².